The van der Waals surface area contributed by atoms with Crippen LogP contribution in [0.5, 0.6) is 0 Å². The van der Waals surface area contributed by atoms with E-state index in [1.54, 1.807) is 0 Å². The highest BCUT2D eigenvalue weighted by molar-refractivity contribution is 4.79. The molecule has 0 unspecified atom stereocenters. The number of hydrogen-bond donors (Lipinski definition) is 1. The van der Waals surface area contributed by atoms with Crippen molar-refractivity contribution in [3.8, 4) is 0 Å². The van der Waals surface area contributed by atoms with Gasteiger partial charge in [0.1, 0.15) is 0 Å². The number of hydrogen-bond acceptors (Lipinski definition) is 2. The van der Waals surface area contributed by atoms with Gasteiger partial charge in [0.25, 0.3) is 0 Å². The zero-order valence-electron chi connectivity index (χ0n) is 11.7. The van der Waals surface area contributed by atoms with Crippen LogP contribution >= 0.6 is 0 Å². The Morgan fingerprint density at radius 1 is 1.19 bits per heavy atom. The van der Waals surface area contributed by atoms with E-state index >= 15 is 0 Å². The molecule has 1 aliphatic rings. The largest absolute Gasteiger partial charge is 0.313 e. The molecule has 2 heteroatoms. The molecular formula is C14H30N2. The minimum Gasteiger partial charge on any atom is -0.313 e. The van der Waals surface area contributed by atoms with Crippen molar-refractivity contribution in [3.63, 3.8) is 0 Å². The Labute approximate surface area is 102 Å². The number of unbranched alkanes of at least 4 members (excludes halogenated alkanes) is 1. The molecule has 1 N–H and O–H groups in total. The Morgan fingerprint density at radius 2 is 1.81 bits per heavy atom. The number of nitrogens with zero attached hydrogens (tertiary/aromatic N) is 1. The first-order valence-corrected chi connectivity index (χ1v) is 6.97. The van der Waals surface area contributed by atoms with Crippen LogP contribution in [0.4, 0.5) is 0 Å². The quantitative estimate of drug-likeness (QED) is 0.775. The summed E-state index contributed by atoms with van der Waals surface area (Å²) in [5.74, 6) is 0. The maximum Gasteiger partial charge on any atom is 0.00916 e. The van der Waals surface area contributed by atoms with Gasteiger partial charge in [0.2, 0.25) is 0 Å². The minimum absolute atomic E-state index is 0.416. The predicted octanol–water partition coefficient (Wildman–Crippen LogP) is 2.89. The van der Waals surface area contributed by atoms with Crippen LogP contribution in [-0.4, -0.2) is 37.1 Å². The Bertz CT molecular complexity index is 176. The minimum atomic E-state index is 0.416. The highest BCUT2D eigenvalue weighted by Gasteiger charge is 2.20. The molecule has 2 nitrogen and oxygen atoms in total. The van der Waals surface area contributed by atoms with Crippen molar-refractivity contribution in [1.82, 2.24) is 10.2 Å². The van der Waals surface area contributed by atoms with Crippen molar-refractivity contribution in [2.45, 2.75) is 59.4 Å². The second-order valence-corrected chi connectivity index (χ2v) is 6.41. The van der Waals surface area contributed by atoms with Crippen LogP contribution in [0.25, 0.3) is 0 Å². The Hall–Kier alpha value is -0.0800. The van der Waals surface area contributed by atoms with Crippen LogP contribution in [0.1, 0.15) is 53.4 Å². The van der Waals surface area contributed by atoms with Gasteiger partial charge in [-0.2, -0.15) is 0 Å². The SMILES string of the molecule is CCCCN1CCC(NCC(C)(C)C)CC1. The molecule has 96 valence electrons. The summed E-state index contributed by atoms with van der Waals surface area (Å²) in [6, 6.07) is 0.761. The van der Waals surface area contributed by atoms with Crippen LogP contribution in [0, 0.1) is 5.41 Å². The third kappa shape index (κ3) is 5.86. The average Bonchev–Trinajstić information content (AvgIpc) is 2.24. The molecule has 0 amide bonds. The smallest absolute Gasteiger partial charge is 0.00916 e. The fourth-order valence-electron chi connectivity index (χ4n) is 2.19. The first-order chi connectivity index (χ1) is 7.51. The normalized spacial score (nSPS) is 20.2. The molecule has 16 heavy (non-hydrogen) atoms. The number of likely N-dealkylation sites (tertiary alicyclic amines) is 1. The molecule has 0 bridgehead atoms. The van der Waals surface area contributed by atoms with Crippen molar-refractivity contribution < 1.29 is 0 Å². The van der Waals surface area contributed by atoms with E-state index < -0.39 is 0 Å². The van der Waals surface area contributed by atoms with E-state index in [2.05, 4.69) is 37.9 Å². The monoisotopic (exact) mass is 226 g/mol. The lowest BCUT2D eigenvalue weighted by molar-refractivity contribution is 0.188. The van der Waals surface area contributed by atoms with Crippen LogP contribution in [0.15, 0.2) is 0 Å². The molecule has 1 heterocycles. The van der Waals surface area contributed by atoms with Crippen LogP contribution in [-0.2, 0) is 0 Å². The van der Waals surface area contributed by atoms with E-state index in [1.165, 1.54) is 45.3 Å². The van der Waals surface area contributed by atoms with Gasteiger partial charge in [-0.15, -0.1) is 0 Å². The van der Waals surface area contributed by atoms with Crippen molar-refractivity contribution in [2.75, 3.05) is 26.2 Å². The van der Waals surface area contributed by atoms with Gasteiger partial charge in [0, 0.05) is 12.6 Å². The topological polar surface area (TPSA) is 15.3 Å². The standard InChI is InChI=1S/C14H30N2/c1-5-6-9-16-10-7-13(8-11-16)15-12-14(2,3)4/h13,15H,5-12H2,1-4H3. The number of piperidine rings is 1. The highest BCUT2D eigenvalue weighted by atomic mass is 15.1. The predicted molar refractivity (Wildman–Crippen MR) is 71.8 cm³/mol. The van der Waals surface area contributed by atoms with Crippen molar-refractivity contribution in [2.24, 2.45) is 5.41 Å². The van der Waals surface area contributed by atoms with E-state index in [9.17, 15) is 0 Å². The molecule has 1 rings (SSSR count). The third-order valence-electron chi connectivity index (χ3n) is 3.34. The zero-order valence-corrected chi connectivity index (χ0v) is 11.7. The molecule has 0 aromatic carbocycles. The highest BCUT2D eigenvalue weighted by Crippen LogP contribution is 2.15. The second-order valence-electron chi connectivity index (χ2n) is 6.41. The molecule has 0 aromatic rings. The van der Waals surface area contributed by atoms with Gasteiger partial charge in [0.15, 0.2) is 0 Å². The second kappa shape index (κ2) is 6.61. The summed E-state index contributed by atoms with van der Waals surface area (Å²) >= 11 is 0. The summed E-state index contributed by atoms with van der Waals surface area (Å²) in [5.41, 5.74) is 0.416. The number of nitrogens with one attached hydrogen (secondary N) is 1. The van der Waals surface area contributed by atoms with Gasteiger partial charge in [0.05, 0.1) is 0 Å². The maximum atomic E-state index is 3.71. The Morgan fingerprint density at radius 3 is 2.31 bits per heavy atom. The fourth-order valence-corrected chi connectivity index (χ4v) is 2.19. The van der Waals surface area contributed by atoms with E-state index in [0.29, 0.717) is 5.41 Å². The molecular weight excluding hydrogens is 196 g/mol. The lowest BCUT2D eigenvalue weighted by Gasteiger charge is -2.34. The molecule has 1 aliphatic heterocycles. The van der Waals surface area contributed by atoms with Crippen molar-refractivity contribution in [3.05, 3.63) is 0 Å². The lowest BCUT2D eigenvalue weighted by Crippen LogP contribution is -2.44. The van der Waals surface area contributed by atoms with Gasteiger partial charge in [-0.1, -0.05) is 34.1 Å². The summed E-state index contributed by atoms with van der Waals surface area (Å²) in [4.78, 5) is 2.62. The van der Waals surface area contributed by atoms with Crippen LogP contribution < -0.4 is 5.32 Å². The molecule has 0 radical (unpaired) electrons. The average molecular weight is 226 g/mol. The molecule has 1 saturated heterocycles. The number of rotatable bonds is 5. The summed E-state index contributed by atoms with van der Waals surface area (Å²) in [6.07, 6.45) is 5.35. The molecule has 0 aromatic heterocycles. The van der Waals surface area contributed by atoms with Crippen LogP contribution in [0.2, 0.25) is 0 Å². The fraction of sp³-hybridized carbons (Fsp3) is 1.00. The summed E-state index contributed by atoms with van der Waals surface area (Å²) < 4.78 is 0. The third-order valence-corrected chi connectivity index (χ3v) is 3.34. The van der Waals surface area contributed by atoms with Crippen molar-refractivity contribution >= 4 is 0 Å². The summed E-state index contributed by atoms with van der Waals surface area (Å²) in [5, 5.41) is 3.71. The molecule has 0 saturated carbocycles. The lowest BCUT2D eigenvalue weighted by atomic mass is 9.95. The van der Waals surface area contributed by atoms with Gasteiger partial charge in [-0.25, -0.2) is 0 Å². The first-order valence-electron chi connectivity index (χ1n) is 6.97. The van der Waals surface area contributed by atoms with E-state index in [1.807, 2.05) is 0 Å². The maximum absolute atomic E-state index is 3.71. The zero-order chi connectivity index (χ0) is 12.0. The Balaban J connectivity index is 2.12. The molecule has 0 atom stereocenters. The van der Waals surface area contributed by atoms with Gasteiger partial charge in [-0.3, -0.25) is 0 Å². The molecule has 0 aliphatic carbocycles. The van der Waals surface area contributed by atoms with Crippen molar-refractivity contribution in [1.29, 1.82) is 0 Å². The van der Waals surface area contributed by atoms with E-state index in [0.717, 1.165) is 12.6 Å². The van der Waals surface area contributed by atoms with Gasteiger partial charge >= 0.3 is 0 Å². The molecule has 0 spiro atoms. The van der Waals surface area contributed by atoms with E-state index in [-0.39, 0.29) is 0 Å². The molecule has 1 fully saturated rings. The summed E-state index contributed by atoms with van der Waals surface area (Å²) in [7, 11) is 0. The summed E-state index contributed by atoms with van der Waals surface area (Å²) in [6.45, 7) is 14.2. The van der Waals surface area contributed by atoms with E-state index in [4.69, 9.17) is 0 Å². The van der Waals surface area contributed by atoms with Gasteiger partial charge < -0.3 is 10.2 Å². The first kappa shape index (κ1) is 14.0. The Kier molecular flexibility index (Phi) is 5.77. The van der Waals surface area contributed by atoms with Crippen LogP contribution in [0.3, 0.4) is 0 Å². The van der Waals surface area contributed by atoms with Gasteiger partial charge in [-0.05, 0) is 44.3 Å².